The molecule has 104 valence electrons. The number of hydrogen-bond donors (Lipinski definition) is 1. The summed E-state index contributed by atoms with van der Waals surface area (Å²) < 4.78 is 0. The first kappa shape index (κ1) is 13.9. The Balaban J connectivity index is 2.26. The average Bonchev–Trinajstić information content (AvgIpc) is 2.40. The molecule has 1 N–H and O–H groups in total. The zero-order valence-corrected chi connectivity index (χ0v) is 11.2. The van der Waals surface area contributed by atoms with Crippen molar-refractivity contribution in [3.8, 4) is 0 Å². The highest BCUT2D eigenvalue weighted by Gasteiger charge is 2.21. The van der Waals surface area contributed by atoms with Crippen molar-refractivity contribution in [2.45, 2.75) is 20.3 Å². The fraction of sp³-hybridized carbons (Fsp3) is 0.308. The quantitative estimate of drug-likeness (QED) is 0.670. The minimum Gasteiger partial charge on any atom is -0.273 e. The molecule has 0 fully saturated rings. The van der Waals surface area contributed by atoms with Gasteiger partial charge in [0.05, 0.1) is 16.7 Å². The van der Waals surface area contributed by atoms with E-state index >= 15 is 0 Å². The van der Waals surface area contributed by atoms with Crippen LogP contribution >= 0.6 is 0 Å². The van der Waals surface area contributed by atoms with Gasteiger partial charge in [-0.1, -0.05) is 19.1 Å². The summed E-state index contributed by atoms with van der Waals surface area (Å²) in [6.45, 7) is 3.18. The maximum absolute atomic E-state index is 11.2. The molecule has 1 atom stereocenters. The minimum atomic E-state index is -0.455. The van der Waals surface area contributed by atoms with Crippen molar-refractivity contribution < 1.29 is 9.59 Å². The first-order valence-corrected chi connectivity index (χ1v) is 6.13. The van der Waals surface area contributed by atoms with Crippen molar-refractivity contribution in [1.82, 2.24) is 5.43 Å². The van der Waals surface area contributed by atoms with Gasteiger partial charge in [0.1, 0.15) is 0 Å². The van der Waals surface area contributed by atoms with Gasteiger partial charge in [0, 0.05) is 19.3 Å². The Morgan fingerprint density at radius 2 is 2.05 bits per heavy atom. The van der Waals surface area contributed by atoms with E-state index in [2.05, 4.69) is 15.8 Å². The van der Waals surface area contributed by atoms with Gasteiger partial charge in [-0.25, -0.2) is 5.43 Å². The molecule has 0 spiro atoms. The summed E-state index contributed by atoms with van der Waals surface area (Å²) in [6, 6.07) is 6.71. The second-order valence-electron chi connectivity index (χ2n) is 4.60. The van der Waals surface area contributed by atoms with E-state index in [-0.39, 0.29) is 11.8 Å². The predicted molar refractivity (Wildman–Crippen MR) is 73.9 cm³/mol. The van der Waals surface area contributed by atoms with Crippen molar-refractivity contribution in [2.75, 3.05) is 5.01 Å². The lowest BCUT2D eigenvalue weighted by Gasteiger charge is -2.19. The van der Waals surface area contributed by atoms with Gasteiger partial charge < -0.3 is 0 Å². The summed E-state index contributed by atoms with van der Waals surface area (Å²) in [6.07, 6.45) is 0.385. The third kappa shape index (κ3) is 2.71. The summed E-state index contributed by atoms with van der Waals surface area (Å²) >= 11 is 0. The van der Waals surface area contributed by atoms with Crippen LogP contribution in [0, 0.1) is 10.8 Å². The smallest absolute Gasteiger partial charge is 0.246 e. The van der Waals surface area contributed by atoms with E-state index in [1.165, 1.54) is 6.92 Å². The normalized spacial score (nSPS) is 18.0. The summed E-state index contributed by atoms with van der Waals surface area (Å²) in [5.74, 6) is -0.545. The van der Waals surface area contributed by atoms with Crippen LogP contribution in [0.15, 0.2) is 34.7 Å². The standard InChI is InChI=1S/C13H14N4O3/c1-8-7-12(19)14-15-13(8)10-3-5-11(6-4-10)17(16-20)9(2)18/h3-6,8H,7H2,1-2H3,(H,14,19). The summed E-state index contributed by atoms with van der Waals surface area (Å²) in [4.78, 5) is 33.0. The number of nitroso groups, excluding NO2 is 1. The monoisotopic (exact) mass is 274 g/mol. The number of anilines is 1. The molecule has 0 aliphatic carbocycles. The maximum Gasteiger partial charge on any atom is 0.246 e. The molecule has 1 aliphatic rings. The molecule has 7 nitrogen and oxygen atoms in total. The third-order valence-corrected chi connectivity index (χ3v) is 3.05. The van der Waals surface area contributed by atoms with E-state index in [0.29, 0.717) is 12.1 Å². The maximum atomic E-state index is 11.2. The third-order valence-electron chi connectivity index (χ3n) is 3.05. The van der Waals surface area contributed by atoms with E-state index in [1.807, 2.05) is 6.92 Å². The molecule has 1 aromatic rings. The van der Waals surface area contributed by atoms with Gasteiger partial charge in [-0.2, -0.15) is 10.1 Å². The minimum absolute atomic E-state index is 0.0164. The molecule has 1 aliphatic heterocycles. The van der Waals surface area contributed by atoms with Gasteiger partial charge in [-0.15, -0.1) is 4.91 Å². The fourth-order valence-electron chi connectivity index (χ4n) is 2.06. The summed E-state index contributed by atoms with van der Waals surface area (Å²) in [7, 11) is 0. The molecular weight excluding hydrogens is 260 g/mol. The molecule has 0 saturated carbocycles. The number of hydrogen-bond acceptors (Lipinski definition) is 5. The second-order valence-corrected chi connectivity index (χ2v) is 4.60. The van der Waals surface area contributed by atoms with E-state index in [9.17, 15) is 14.5 Å². The van der Waals surface area contributed by atoms with Crippen LogP contribution in [0.2, 0.25) is 0 Å². The summed E-state index contributed by atoms with van der Waals surface area (Å²) in [5.41, 5.74) is 4.43. The van der Waals surface area contributed by atoms with Crippen molar-refractivity contribution in [3.63, 3.8) is 0 Å². The molecule has 0 saturated heterocycles. The predicted octanol–water partition coefficient (Wildman–Crippen LogP) is 1.58. The van der Waals surface area contributed by atoms with E-state index < -0.39 is 5.91 Å². The van der Waals surface area contributed by atoms with Crippen molar-refractivity contribution in [1.29, 1.82) is 0 Å². The molecule has 0 radical (unpaired) electrons. The van der Waals surface area contributed by atoms with Gasteiger partial charge in [0.15, 0.2) is 0 Å². The fourth-order valence-corrected chi connectivity index (χ4v) is 2.06. The van der Waals surface area contributed by atoms with Crippen LogP contribution in [0.5, 0.6) is 0 Å². The van der Waals surface area contributed by atoms with E-state index in [0.717, 1.165) is 16.3 Å². The molecule has 0 aromatic heterocycles. The molecule has 1 unspecified atom stereocenters. The molecule has 2 rings (SSSR count). The Bertz CT molecular complexity index is 580. The van der Waals surface area contributed by atoms with Crippen molar-refractivity contribution >= 4 is 23.2 Å². The Labute approximate surface area is 115 Å². The average molecular weight is 274 g/mol. The number of carbonyl (C=O) groups is 2. The number of carbonyl (C=O) groups excluding carboxylic acids is 2. The van der Waals surface area contributed by atoms with Crippen LogP contribution in [0.1, 0.15) is 25.8 Å². The van der Waals surface area contributed by atoms with Crippen LogP contribution in [0.4, 0.5) is 5.69 Å². The summed E-state index contributed by atoms with van der Waals surface area (Å²) in [5, 5.41) is 7.49. The number of rotatable bonds is 3. The number of benzene rings is 1. The van der Waals surface area contributed by atoms with Gasteiger partial charge in [-0.3, -0.25) is 9.59 Å². The second kappa shape index (κ2) is 5.60. The molecule has 0 bridgehead atoms. The van der Waals surface area contributed by atoms with Crippen LogP contribution < -0.4 is 10.4 Å². The molecule has 1 heterocycles. The molecular formula is C13H14N4O3. The Kier molecular flexibility index (Phi) is 3.88. The lowest BCUT2D eigenvalue weighted by atomic mass is 9.94. The van der Waals surface area contributed by atoms with Crippen LogP contribution in [-0.2, 0) is 9.59 Å². The van der Waals surface area contributed by atoms with Crippen LogP contribution in [0.25, 0.3) is 0 Å². The molecule has 20 heavy (non-hydrogen) atoms. The Hall–Kier alpha value is -2.57. The van der Waals surface area contributed by atoms with Gasteiger partial charge in [0.2, 0.25) is 11.8 Å². The van der Waals surface area contributed by atoms with E-state index in [4.69, 9.17) is 0 Å². The lowest BCUT2D eigenvalue weighted by Crippen LogP contribution is -2.32. The topological polar surface area (TPSA) is 91.2 Å². The van der Waals surface area contributed by atoms with Crippen LogP contribution in [0.3, 0.4) is 0 Å². The molecule has 1 aromatic carbocycles. The number of nitrogens with zero attached hydrogens (tertiary/aromatic N) is 3. The van der Waals surface area contributed by atoms with E-state index in [1.54, 1.807) is 24.3 Å². The molecule has 2 amide bonds. The lowest BCUT2D eigenvalue weighted by molar-refractivity contribution is -0.122. The first-order chi connectivity index (χ1) is 9.52. The highest BCUT2D eigenvalue weighted by Crippen LogP contribution is 2.20. The highest BCUT2D eigenvalue weighted by atomic mass is 16.3. The van der Waals surface area contributed by atoms with Crippen molar-refractivity contribution in [2.24, 2.45) is 16.3 Å². The van der Waals surface area contributed by atoms with Crippen molar-refractivity contribution in [3.05, 3.63) is 34.7 Å². The number of hydrazone groups is 1. The molecule has 7 heteroatoms. The zero-order chi connectivity index (χ0) is 14.7. The zero-order valence-electron chi connectivity index (χ0n) is 11.2. The number of amides is 2. The largest absolute Gasteiger partial charge is 0.273 e. The van der Waals surface area contributed by atoms with Gasteiger partial charge >= 0.3 is 0 Å². The highest BCUT2D eigenvalue weighted by molar-refractivity contribution is 6.06. The van der Waals surface area contributed by atoms with Crippen LogP contribution in [-0.4, -0.2) is 17.5 Å². The Morgan fingerprint density at radius 1 is 1.40 bits per heavy atom. The SMILES string of the molecule is CC(=O)N(N=O)c1ccc(C2=NNC(=O)CC2C)cc1. The first-order valence-electron chi connectivity index (χ1n) is 6.13. The van der Waals surface area contributed by atoms with Gasteiger partial charge in [-0.05, 0) is 17.7 Å². The number of nitrogens with one attached hydrogen (secondary N) is 1. The van der Waals surface area contributed by atoms with Gasteiger partial charge in [0.25, 0.3) is 0 Å². The Morgan fingerprint density at radius 3 is 2.55 bits per heavy atom.